The second kappa shape index (κ2) is 7.39. The molecule has 0 unspecified atom stereocenters. The smallest absolute Gasteiger partial charge is 0.303 e. The maximum atomic E-state index is 12.3. The highest BCUT2D eigenvalue weighted by atomic mass is 32.1. The predicted molar refractivity (Wildman–Crippen MR) is 92.6 cm³/mol. The summed E-state index contributed by atoms with van der Waals surface area (Å²) < 4.78 is 0. The Labute approximate surface area is 147 Å². The molecule has 1 aromatic carbocycles. The van der Waals surface area contributed by atoms with Crippen molar-refractivity contribution in [2.45, 2.75) is 32.2 Å². The predicted octanol–water partition coefficient (Wildman–Crippen LogP) is 3.09. The minimum atomic E-state index is -0.927. The summed E-state index contributed by atoms with van der Waals surface area (Å²) in [6.45, 7) is 3.48. The minimum absolute atomic E-state index is 0.0477. The first-order chi connectivity index (χ1) is 11.7. The molecule has 0 aliphatic heterocycles. The summed E-state index contributed by atoms with van der Waals surface area (Å²) in [5.74, 6) is -1.34. The van der Waals surface area contributed by atoms with Gasteiger partial charge in [-0.15, -0.1) is 11.3 Å². The quantitative estimate of drug-likeness (QED) is 0.576. The normalized spacial score (nSPS) is 11.1. The maximum absolute atomic E-state index is 12.3. The van der Waals surface area contributed by atoms with E-state index in [0.717, 1.165) is 0 Å². The fourth-order valence-corrected chi connectivity index (χ4v) is 2.91. The number of amides is 1. The summed E-state index contributed by atoms with van der Waals surface area (Å²) in [4.78, 5) is 37.6. The van der Waals surface area contributed by atoms with Crippen LogP contribution in [-0.4, -0.2) is 32.4 Å². The van der Waals surface area contributed by atoms with Gasteiger partial charge < -0.3 is 10.4 Å². The van der Waals surface area contributed by atoms with Crippen molar-refractivity contribution in [2.24, 2.45) is 0 Å². The van der Waals surface area contributed by atoms with Crippen LogP contribution in [0.15, 0.2) is 29.6 Å². The number of nitrogens with one attached hydrogen (secondary N) is 1. The molecule has 9 heteroatoms. The van der Waals surface area contributed by atoms with E-state index in [4.69, 9.17) is 5.11 Å². The molecule has 0 fully saturated rings. The van der Waals surface area contributed by atoms with E-state index in [1.54, 1.807) is 31.4 Å². The van der Waals surface area contributed by atoms with Crippen molar-refractivity contribution in [1.82, 2.24) is 10.3 Å². The van der Waals surface area contributed by atoms with E-state index < -0.39 is 22.3 Å². The van der Waals surface area contributed by atoms with Crippen molar-refractivity contribution in [2.75, 3.05) is 0 Å². The Kier molecular flexibility index (Phi) is 5.48. The number of carbonyl (C=O) groups is 2. The Hall–Kier alpha value is -2.81. The number of rotatable bonds is 7. The molecule has 2 aromatic rings. The van der Waals surface area contributed by atoms with Gasteiger partial charge in [-0.3, -0.25) is 19.7 Å². The molecule has 0 aliphatic carbocycles. The number of aliphatic carboxylic acids is 1. The highest BCUT2D eigenvalue weighted by Gasteiger charge is 2.23. The van der Waals surface area contributed by atoms with Crippen molar-refractivity contribution >= 4 is 28.9 Å². The number of nitro groups is 1. The van der Waals surface area contributed by atoms with Gasteiger partial charge in [0.25, 0.3) is 11.6 Å². The lowest BCUT2D eigenvalue weighted by Crippen LogP contribution is -2.43. The number of nitro benzene ring substituents is 1. The first kappa shape index (κ1) is 18.5. The summed E-state index contributed by atoms with van der Waals surface area (Å²) >= 11 is 1.21. The Morgan fingerprint density at radius 2 is 2.12 bits per heavy atom. The summed E-state index contributed by atoms with van der Waals surface area (Å²) in [6.07, 6.45) is 0.235. The van der Waals surface area contributed by atoms with Gasteiger partial charge in [-0.25, -0.2) is 4.98 Å². The third-order valence-electron chi connectivity index (χ3n) is 3.46. The van der Waals surface area contributed by atoms with Gasteiger partial charge in [-0.2, -0.15) is 0 Å². The van der Waals surface area contributed by atoms with Crippen LogP contribution in [0.5, 0.6) is 0 Å². The molecule has 0 spiro atoms. The van der Waals surface area contributed by atoms with Crippen molar-refractivity contribution in [1.29, 1.82) is 0 Å². The number of carboxylic acid groups (broad SMARTS) is 1. The van der Waals surface area contributed by atoms with E-state index in [0.29, 0.717) is 10.6 Å². The van der Waals surface area contributed by atoms with E-state index in [1.807, 2.05) is 0 Å². The van der Waals surface area contributed by atoms with Gasteiger partial charge in [0, 0.05) is 35.0 Å². The van der Waals surface area contributed by atoms with E-state index in [1.165, 1.54) is 23.5 Å². The zero-order chi connectivity index (χ0) is 18.6. The average Bonchev–Trinajstić information content (AvgIpc) is 3.03. The van der Waals surface area contributed by atoms with Crippen LogP contribution in [0.2, 0.25) is 0 Å². The number of nitrogens with zero attached hydrogens (tertiary/aromatic N) is 2. The molecular formula is C16H17N3O5S. The van der Waals surface area contributed by atoms with Crippen molar-refractivity contribution in [3.63, 3.8) is 0 Å². The van der Waals surface area contributed by atoms with Crippen LogP contribution in [0.25, 0.3) is 10.6 Å². The van der Waals surface area contributed by atoms with Crippen LogP contribution in [0.1, 0.15) is 37.2 Å². The molecule has 0 aliphatic rings. The van der Waals surface area contributed by atoms with Crippen LogP contribution in [-0.2, 0) is 4.79 Å². The van der Waals surface area contributed by atoms with Crippen molar-refractivity contribution in [3.05, 3.63) is 45.5 Å². The van der Waals surface area contributed by atoms with Gasteiger partial charge >= 0.3 is 5.97 Å². The lowest BCUT2D eigenvalue weighted by Gasteiger charge is -2.25. The number of benzene rings is 1. The monoisotopic (exact) mass is 363 g/mol. The van der Waals surface area contributed by atoms with Crippen LogP contribution in [0, 0.1) is 10.1 Å². The minimum Gasteiger partial charge on any atom is -0.481 e. The molecule has 1 amide bonds. The van der Waals surface area contributed by atoms with Gasteiger partial charge in [-0.05, 0) is 20.3 Å². The van der Waals surface area contributed by atoms with Gasteiger partial charge in [0.2, 0.25) is 0 Å². The third kappa shape index (κ3) is 5.08. The molecule has 1 heterocycles. The number of thiazole rings is 1. The first-order valence-electron chi connectivity index (χ1n) is 7.42. The molecule has 2 rings (SSSR count). The SMILES string of the molecule is CC(C)(CCC(=O)O)NC(=O)c1csc(-c2cccc([N+](=O)[O-])c2)n1. The molecule has 25 heavy (non-hydrogen) atoms. The van der Waals surface area contributed by atoms with Crippen LogP contribution in [0.4, 0.5) is 5.69 Å². The average molecular weight is 363 g/mol. The van der Waals surface area contributed by atoms with Crippen LogP contribution >= 0.6 is 11.3 Å². The molecule has 8 nitrogen and oxygen atoms in total. The molecule has 0 bridgehead atoms. The Morgan fingerprint density at radius 3 is 2.76 bits per heavy atom. The first-order valence-corrected chi connectivity index (χ1v) is 8.30. The Bertz CT molecular complexity index is 816. The van der Waals surface area contributed by atoms with Crippen LogP contribution in [0.3, 0.4) is 0 Å². The number of aromatic nitrogens is 1. The van der Waals surface area contributed by atoms with Gasteiger partial charge in [0.05, 0.1) is 4.92 Å². The number of hydrogen-bond acceptors (Lipinski definition) is 6. The molecule has 0 saturated carbocycles. The summed E-state index contributed by atoms with van der Waals surface area (Å²) in [6, 6.07) is 6.03. The lowest BCUT2D eigenvalue weighted by atomic mass is 9.98. The number of hydrogen-bond donors (Lipinski definition) is 2. The van der Waals surface area contributed by atoms with E-state index in [2.05, 4.69) is 10.3 Å². The van der Waals surface area contributed by atoms with E-state index in [-0.39, 0.29) is 24.2 Å². The van der Waals surface area contributed by atoms with Crippen LogP contribution < -0.4 is 5.32 Å². The van der Waals surface area contributed by atoms with Gasteiger partial charge in [0.15, 0.2) is 0 Å². The lowest BCUT2D eigenvalue weighted by molar-refractivity contribution is -0.384. The fraction of sp³-hybridized carbons (Fsp3) is 0.312. The van der Waals surface area contributed by atoms with E-state index >= 15 is 0 Å². The second-order valence-corrected chi connectivity index (χ2v) is 6.94. The standard InChI is InChI=1S/C16H17N3O5S/c1-16(2,7-6-13(20)21)18-14(22)12-9-25-15(17-12)10-4-3-5-11(8-10)19(23)24/h3-5,8-9H,6-7H2,1-2H3,(H,18,22)(H,20,21). The fourth-order valence-electron chi connectivity index (χ4n) is 2.12. The number of carboxylic acids is 1. The maximum Gasteiger partial charge on any atom is 0.303 e. The summed E-state index contributed by atoms with van der Waals surface area (Å²) in [7, 11) is 0. The zero-order valence-corrected chi connectivity index (χ0v) is 14.5. The number of carbonyl (C=O) groups excluding carboxylic acids is 1. The third-order valence-corrected chi connectivity index (χ3v) is 4.35. The molecule has 2 N–H and O–H groups in total. The molecule has 0 atom stereocenters. The molecule has 0 saturated heterocycles. The summed E-state index contributed by atoms with van der Waals surface area (Å²) in [5.41, 5.74) is 0.0110. The van der Waals surface area contributed by atoms with Gasteiger partial charge in [-0.1, -0.05) is 12.1 Å². The van der Waals surface area contributed by atoms with Crippen molar-refractivity contribution in [3.8, 4) is 10.6 Å². The molecule has 132 valence electrons. The topological polar surface area (TPSA) is 122 Å². The second-order valence-electron chi connectivity index (χ2n) is 6.08. The highest BCUT2D eigenvalue weighted by Crippen LogP contribution is 2.27. The van der Waals surface area contributed by atoms with E-state index in [9.17, 15) is 19.7 Å². The summed E-state index contributed by atoms with van der Waals surface area (Å²) in [5, 5.41) is 24.4. The Morgan fingerprint density at radius 1 is 1.40 bits per heavy atom. The molecule has 1 aromatic heterocycles. The van der Waals surface area contributed by atoms with Gasteiger partial charge in [0.1, 0.15) is 10.7 Å². The molecule has 0 radical (unpaired) electrons. The largest absolute Gasteiger partial charge is 0.481 e. The highest BCUT2D eigenvalue weighted by molar-refractivity contribution is 7.13. The zero-order valence-electron chi connectivity index (χ0n) is 13.7. The van der Waals surface area contributed by atoms with Crippen molar-refractivity contribution < 1.29 is 19.6 Å². The number of non-ortho nitro benzene ring substituents is 1. The molecular weight excluding hydrogens is 346 g/mol. The Balaban J connectivity index is 2.12.